The van der Waals surface area contributed by atoms with E-state index in [4.69, 9.17) is 10.00 Å². The number of benzene rings is 2. The van der Waals surface area contributed by atoms with Crippen LogP contribution in [0.1, 0.15) is 35.3 Å². The average Bonchev–Trinajstić information content (AvgIpc) is 2.55. The first kappa shape index (κ1) is 17.2. The molecule has 1 amide bonds. The molecule has 1 N–H and O–H groups in total. The predicted octanol–water partition coefficient (Wildman–Crippen LogP) is 3.68. The number of esters is 1. The van der Waals surface area contributed by atoms with Crippen LogP contribution < -0.4 is 10.1 Å². The third-order valence-electron chi connectivity index (χ3n) is 3.37. The van der Waals surface area contributed by atoms with Gasteiger partial charge in [0.05, 0.1) is 11.1 Å². The molecule has 0 unspecified atom stereocenters. The van der Waals surface area contributed by atoms with Crippen molar-refractivity contribution in [3.63, 3.8) is 0 Å². The maximum atomic E-state index is 12.2. The van der Waals surface area contributed by atoms with E-state index in [9.17, 15) is 9.59 Å². The van der Waals surface area contributed by atoms with E-state index in [1.807, 2.05) is 13.0 Å². The second-order valence-corrected chi connectivity index (χ2v) is 5.72. The van der Waals surface area contributed by atoms with Crippen molar-refractivity contribution >= 4 is 17.6 Å². The molecule has 122 valence electrons. The second-order valence-electron chi connectivity index (χ2n) is 5.72. The molecule has 0 aliphatic rings. The summed E-state index contributed by atoms with van der Waals surface area (Å²) in [5.41, 5.74) is 2.14. The third kappa shape index (κ3) is 4.20. The molecule has 0 saturated carbocycles. The SMILES string of the molecule is Cc1ccc(C#N)c(OC(=O)c2ccc(NC(=O)C(C)C)cc2)c1. The Morgan fingerprint density at radius 3 is 2.38 bits per heavy atom. The minimum Gasteiger partial charge on any atom is -0.422 e. The molecule has 0 radical (unpaired) electrons. The molecular formula is C19H18N2O3. The lowest BCUT2D eigenvalue weighted by Crippen LogP contribution is -2.17. The van der Waals surface area contributed by atoms with Crippen LogP contribution in [0.4, 0.5) is 5.69 Å². The van der Waals surface area contributed by atoms with Gasteiger partial charge in [-0.3, -0.25) is 4.79 Å². The number of amides is 1. The van der Waals surface area contributed by atoms with Gasteiger partial charge in [-0.15, -0.1) is 0 Å². The summed E-state index contributed by atoms with van der Waals surface area (Å²) in [5, 5.41) is 11.8. The van der Waals surface area contributed by atoms with Crippen LogP contribution in [0.5, 0.6) is 5.75 Å². The highest BCUT2D eigenvalue weighted by molar-refractivity contribution is 5.94. The summed E-state index contributed by atoms with van der Waals surface area (Å²) in [5.74, 6) is -0.539. The number of nitriles is 1. The molecule has 0 aliphatic carbocycles. The number of carbonyl (C=O) groups excluding carboxylic acids is 2. The van der Waals surface area contributed by atoms with Crippen molar-refractivity contribution in [2.24, 2.45) is 5.92 Å². The lowest BCUT2D eigenvalue weighted by molar-refractivity contribution is -0.118. The van der Waals surface area contributed by atoms with Gasteiger partial charge < -0.3 is 10.1 Å². The molecular weight excluding hydrogens is 304 g/mol. The zero-order valence-corrected chi connectivity index (χ0v) is 13.8. The fourth-order valence-electron chi connectivity index (χ4n) is 1.94. The summed E-state index contributed by atoms with van der Waals surface area (Å²) < 4.78 is 5.31. The molecule has 0 atom stereocenters. The van der Waals surface area contributed by atoms with Gasteiger partial charge in [0.2, 0.25) is 5.91 Å². The van der Waals surface area contributed by atoms with E-state index in [1.165, 1.54) is 0 Å². The smallest absolute Gasteiger partial charge is 0.343 e. The Balaban J connectivity index is 2.12. The highest BCUT2D eigenvalue weighted by Gasteiger charge is 2.13. The summed E-state index contributed by atoms with van der Waals surface area (Å²) in [4.78, 5) is 23.9. The number of aryl methyl sites for hydroxylation is 1. The minimum atomic E-state index is -0.557. The first-order chi connectivity index (χ1) is 11.4. The maximum Gasteiger partial charge on any atom is 0.343 e. The highest BCUT2D eigenvalue weighted by Crippen LogP contribution is 2.21. The lowest BCUT2D eigenvalue weighted by Gasteiger charge is -2.09. The monoisotopic (exact) mass is 322 g/mol. The summed E-state index contributed by atoms with van der Waals surface area (Å²) >= 11 is 0. The van der Waals surface area contributed by atoms with Gasteiger partial charge in [-0.25, -0.2) is 4.79 Å². The Hall–Kier alpha value is -3.13. The fraction of sp³-hybridized carbons (Fsp3) is 0.211. The van der Waals surface area contributed by atoms with Crippen LogP contribution in [0.15, 0.2) is 42.5 Å². The molecule has 0 fully saturated rings. The van der Waals surface area contributed by atoms with Gasteiger partial charge in [0.15, 0.2) is 0 Å². The average molecular weight is 322 g/mol. The summed E-state index contributed by atoms with van der Waals surface area (Å²) in [6.45, 7) is 5.45. The molecule has 24 heavy (non-hydrogen) atoms. The van der Waals surface area contributed by atoms with Crippen molar-refractivity contribution in [1.29, 1.82) is 5.26 Å². The standard InChI is InChI=1S/C19H18N2O3/c1-12(2)18(22)21-16-8-6-14(7-9-16)19(23)24-17-10-13(3)4-5-15(17)11-20/h4-10,12H,1-3H3,(H,21,22). The normalized spacial score (nSPS) is 10.1. The van der Waals surface area contributed by atoms with Crippen LogP contribution in [0.2, 0.25) is 0 Å². The van der Waals surface area contributed by atoms with E-state index in [1.54, 1.807) is 56.3 Å². The number of anilines is 1. The molecule has 2 rings (SSSR count). The number of hydrogen-bond acceptors (Lipinski definition) is 4. The van der Waals surface area contributed by atoms with Crippen molar-refractivity contribution in [2.75, 3.05) is 5.32 Å². The summed E-state index contributed by atoms with van der Waals surface area (Å²) in [6.07, 6.45) is 0. The van der Waals surface area contributed by atoms with Gasteiger partial charge in [0.25, 0.3) is 0 Å². The highest BCUT2D eigenvalue weighted by atomic mass is 16.5. The Morgan fingerprint density at radius 2 is 1.79 bits per heavy atom. The molecule has 5 nitrogen and oxygen atoms in total. The van der Waals surface area contributed by atoms with Crippen LogP contribution in [-0.4, -0.2) is 11.9 Å². The molecule has 5 heteroatoms. The first-order valence-corrected chi connectivity index (χ1v) is 7.54. The molecule has 0 aromatic heterocycles. The summed E-state index contributed by atoms with van der Waals surface area (Å²) in [6, 6.07) is 13.4. The van der Waals surface area contributed by atoms with Gasteiger partial charge in [0, 0.05) is 11.6 Å². The number of ether oxygens (including phenoxy) is 1. The van der Waals surface area contributed by atoms with Gasteiger partial charge >= 0.3 is 5.97 Å². The Bertz CT molecular complexity index is 802. The van der Waals surface area contributed by atoms with Crippen molar-refractivity contribution in [3.05, 3.63) is 59.2 Å². The van der Waals surface area contributed by atoms with Crippen LogP contribution in [0.25, 0.3) is 0 Å². The predicted molar refractivity (Wildman–Crippen MR) is 90.8 cm³/mol. The van der Waals surface area contributed by atoms with Crippen LogP contribution in [0.3, 0.4) is 0 Å². The largest absolute Gasteiger partial charge is 0.422 e. The Morgan fingerprint density at radius 1 is 1.12 bits per heavy atom. The number of nitrogens with one attached hydrogen (secondary N) is 1. The van der Waals surface area contributed by atoms with Crippen molar-refractivity contribution in [3.8, 4) is 11.8 Å². The van der Waals surface area contributed by atoms with Gasteiger partial charge in [-0.1, -0.05) is 19.9 Å². The van der Waals surface area contributed by atoms with Crippen molar-refractivity contribution in [1.82, 2.24) is 0 Å². The van der Waals surface area contributed by atoms with Crippen LogP contribution in [0, 0.1) is 24.2 Å². The van der Waals surface area contributed by atoms with Gasteiger partial charge in [-0.05, 0) is 48.9 Å². The van der Waals surface area contributed by atoms with E-state index < -0.39 is 5.97 Å². The molecule has 0 saturated heterocycles. The lowest BCUT2D eigenvalue weighted by atomic mass is 10.1. The van der Waals surface area contributed by atoms with Gasteiger partial charge in [-0.2, -0.15) is 5.26 Å². The molecule has 2 aromatic rings. The number of carbonyl (C=O) groups is 2. The van der Waals surface area contributed by atoms with E-state index in [0.717, 1.165) is 5.56 Å². The molecule has 0 aliphatic heterocycles. The number of nitrogens with zero attached hydrogens (tertiary/aromatic N) is 1. The topological polar surface area (TPSA) is 79.2 Å². The third-order valence-corrected chi connectivity index (χ3v) is 3.37. The number of hydrogen-bond donors (Lipinski definition) is 1. The fourth-order valence-corrected chi connectivity index (χ4v) is 1.94. The maximum absolute atomic E-state index is 12.2. The minimum absolute atomic E-state index is 0.0938. The molecule has 0 heterocycles. The zero-order valence-electron chi connectivity index (χ0n) is 13.8. The van der Waals surface area contributed by atoms with Crippen molar-refractivity contribution in [2.45, 2.75) is 20.8 Å². The Kier molecular flexibility index (Phi) is 5.33. The number of rotatable bonds is 4. The van der Waals surface area contributed by atoms with Crippen LogP contribution in [-0.2, 0) is 4.79 Å². The van der Waals surface area contributed by atoms with E-state index in [2.05, 4.69) is 5.32 Å². The molecule has 0 spiro atoms. The molecule has 0 bridgehead atoms. The quantitative estimate of drug-likeness (QED) is 0.688. The van der Waals surface area contributed by atoms with E-state index in [0.29, 0.717) is 16.8 Å². The Labute approximate surface area is 140 Å². The van der Waals surface area contributed by atoms with Crippen molar-refractivity contribution < 1.29 is 14.3 Å². The summed E-state index contributed by atoms with van der Waals surface area (Å²) in [7, 11) is 0. The molecule has 2 aromatic carbocycles. The second kappa shape index (κ2) is 7.42. The van der Waals surface area contributed by atoms with E-state index >= 15 is 0 Å². The van der Waals surface area contributed by atoms with Crippen LogP contribution >= 0.6 is 0 Å². The zero-order chi connectivity index (χ0) is 17.7. The first-order valence-electron chi connectivity index (χ1n) is 7.54. The van der Waals surface area contributed by atoms with Gasteiger partial charge in [0.1, 0.15) is 11.8 Å². The van der Waals surface area contributed by atoms with E-state index in [-0.39, 0.29) is 17.6 Å².